The minimum absolute atomic E-state index is 0.0786. The van der Waals surface area contributed by atoms with Gasteiger partial charge in [-0.2, -0.15) is 0 Å². The Balaban J connectivity index is 1.38. The van der Waals surface area contributed by atoms with Gasteiger partial charge < -0.3 is 19.7 Å². The third-order valence-electron chi connectivity index (χ3n) is 7.37. The molecule has 27 heavy (non-hydrogen) atoms. The Morgan fingerprint density at radius 3 is 3.11 bits per heavy atom. The topological polar surface area (TPSA) is 81.0 Å². The van der Waals surface area contributed by atoms with E-state index >= 15 is 0 Å². The number of allylic oxidation sites excluding steroid dienone is 1. The second-order valence-electron chi connectivity index (χ2n) is 8.77. The molecule has 2 heterocycles. The Hall–Kier alpha value is -1.66. The van der Waals surface area contributed by atoms with Crippen LogP contribution in [0.1, 0.15) is 39.5 Å². The number of aromatic nitrogens is 2. The van der Waals surface area contributed by atoms with E-state index in [1.807, 2.05) is 12.5 Å². The van der Waals surface area contributed by atoms with Gasteiger partial charge in [-0.05, 0) is 18.8 Å². The first-order chi connectivity index (χ1) is 13.0. The molecule has 6 nitrogen and oxygen atoms in total. The van der Waals surface area contributed by atoms with E-state index in [-0.39, 0.29) is 29.3 Å². The summed E-state index contributed by atoms with van der Waals surface area (Å²) in [7, 11) is 0. The first-order valence-corrected chi connectivity index (χ1v) is 10.4. The van der Waals surface area contributed by atoms with Crippen LogP contribution in [0.3, 0.4) is 0 Å². The Labute approximate surface area is 161 Å². The van der Waals surface area contributed by atoms with Gasteiger partial charge in [0.15, 0.2) is 0 Å². The number of aliphatic hydroxyl groups excluding tert-OH is 1. The van der Waals surface area contributed by atoms with E-state index < -0.39 is 6.10 Å². The third-order valence-corrected chi connectivity index (χ3v) is 7.37. The van der Waals surface area contributed by atoms with Gasteiger partial charge in [-0.15, -0.1) is 0 Å². The highest BCUT2D eigenvalue weighted by Crippen LogP contribution is 2.55. The number of imidazole rings is 1. The Morgan fingerprint density at radius 1 is 1.48 bits per heavy atom. The van der Waals surface area contributed by atoms with Crippen LogP contribution in [0.5, 0.6) is 0 Å². The zero-order valence-corrected chi connectivity index (χ0v) is 16.4. The summed E-state index contributed by atoms with van der Waals surface area (Å²) >= 11 is 0. The highest BCUT2D eigenvalue weighted by molar-refractivity contribution is 5.76. The normalized spacial score (nSPS) is 38.1. The molecule has 0 spiro atoms. The van der Waals surface area contributed by atoms with E-state index in [1.54, 1.807) is 6.20 Å². The van der Waals surface area contributed by atoms with Crippen molar-refractivity contribution in [1.29, 1.82) is 0 Å². The molecule has 0 aromatic carbocycles. The molecule has 6 atom stereocenters. The monoisotopic (exact) mass is 374 g/mol. The average molecular weight is 375 g/mol. The molecular weight excluding hydrogens is 342 g/mol. The van der Waals surface area contributed by atoms with Gasteiger partial charge in [0.2, 0.25) is 0 Å². The van der Waals surface area contributed by atoms with Gasteiger partial charge in [0.25, 0.3) is 0 Å². The predicted molar refractivity (Wildman–Crippen MR) is 101 cm³/mol. The predicted octanol–water partition coefficient (Wildman–Crippen LogP) is 1.12. The van der Waals surface area contributed by atoms with Crippen molar-refractivity contribution in [1.82, 2.24) is 9.55 Å². The fourth-order valence-corrected chi connectivity index (χ4v) is 5.47. The van der Waals surface area contributed by atoms with Crippen molar-refractivity contribution in [3.8, 4) is 0 Å². The molecule has 0 unspecified atom stereocenters. The first-order valence-electron chi connectivity index (χ1n) is 10.4. The van der Waals surface area contributed by atoms with Crippen molar-refractivity contribution in [3.05, 3.63) is 30.4 Å². The van der Waals surface area contributed by atoms with Crippen LogP contribution in [-0.2, 0) is 16.1 Å². The van der Waals surface area contributed by atoms with Crippen molar-refractivity contribution in [3.63, 3.8) is 0 Å². The molecule has 0 radical (unpaired) electrons. The van der Waals surface area contributed by atoms with E-state index in [0.29, 0.717) is 12.5 Å². The van der Waals surface area contributed by atoms with Crippen molar-refractivity contribution < 1.29 is 20.0 Å². The largest absolute Gasteiger partial charge is 0.461 e. The minimum Gasteiger partial charge on any atom is -0.461 e. The average Bonchev–Trinajstić information content (AvgIpc) is 3.26. The fourth-order valence-electron chi connectivity index (χ4n) is 5.47. The molecular formula is C21H32N3O3+. The number of nitrogens with two attached hydrogens (primary N) is 1. The van der Waals surface area contributed by atoms with Crippen molar-refractivity contribution in [2.24, 2.45) is 23.2 Å². The molecule has 1 saturated carbocycles. The summed E-state index contributed by atoms with van der Waals surface area (Å²) in [5.41, 5.74) is 1.08. The van der Waals surface area contributed by atoms with Crippen molar-refractivity contribution >= 4 is 5.97 Å². The van der Waals surface area contributed by atoms with E-state index in [0.717, 1.165) is 38.8 Å². The number of fused-ring (bicyclic) bond motifs is 2. The van der Waals surface area contributed by atoms with E-state index in [4.69, 9.17) is 4.74 Å². The zero-order valence-electron chi connectivity index (χ0n) is 16.4. The number of quaternary nitrogens is 1. The highest BCUT2D eigenvalue weighted by Gasteiger charge is 2.60. The van der Waals surface area contributed by atoms with Crippen LogP contribution in [0.4, 0.5) is 0 Å². The lowest BCUT2D eigenvalue weighted by molar-refractivity contribution is -0.660. The second kappa shape index (κ2) is 7.40. The summed E-state index contributed by atoms with van der Waals surface area (Å²) in [4.78, 5) is 16.6. The van der Waals surface area contributed by atoms with Gasteiger partial charge in [0, 0.05) is 43.1 Å². The highest BCUT2D eigenvalue weighted by atomic mass is 16.6. The van der Waals surface area contributed by atoms with Gasteiger partial charge in [0.1, 0.15) is 12.0 Å². The van der Waals surface area contributed by atoms with Gasteiger partial charge in [-0.25, -0.2) is 4.98 Å². The molecule has 1 aromatic heterocycles. The number of carbonyl (C=O) groups excluding carboxylic acids is 1. The van der Waals surface area contributed by atoms with Crippen LogP contribution in [0.15, 0.2) is 30.4 Å². The van der Waals surface area contributed by atoms with E-state index in [2.05, 4.69) is 34.8 Å². The maximum Gasteiger partial charge on any atom is 0.315 e. The lowest BCUT2D eigenvalue weighted by Gasteiger charge is -2.51. The molecule has 6 heteroatoms. The summed E-state index contributed by atoms with van der Waals surface area (Å²) in [6, 6.07) is 0. The molecule has 0 amide bonds. The fraction of sp³-hybridized carbons (Fsp3) is 0.714. The van der Waals surface area contributed by atoms with Gasteiger partial charge in [-0.1, -0.05) is 25.5 Å². The van der Waals surface area contributed by atoms with Crippen LogP contribution < -0.4 is 5.32 Å². The van der Waals surface area contributed by atoms with Crippen LogP contribution in [0.25, 0.3) is 0 Å². The lowest BCUT2D eigenvalue weighted by Crippen LogP contribution is -2.86. The number of rotatable bonds is 6. The number of hydrogen-bond donors (Lipinski definition) is 2. The quantitative estimate of drug-likeness (QED) is 0.444. The second-order valence-corrected chi connectivity index (χ2v) is 8.77. The van der Waals surface area contributed by atoms with E-state index in [9.17, 15) is 9.90 Å². The molecule has 148 valence electrons. The number of carbonyl (C=O) groups is 1. The van der Waals surface area contributed by atoms with Crippen LogP contribution >= 0.6 is 0 Å². The molecule has 1 saturated heterocycles. The Kier molecular flexibility index (Phi) is 5.12. The summed E-state index contributed by atoms with van der Waals surface area (Å²) < 4.78 is 7.79. The molecule has 1 aliphatic heterocycles. The van der Waals surface area contributed by atoms with Crippen molar-refractivity contribution in [2.75, 3.05) is 13.1 Å². The van der Waals surface area contributed by atoms with E-state index in [1.165, 1.54) is 5.57 Å². The molecule has 2 fully saturated rings. The molecule has 3 aliphatic rings. The van der Waals surface area contributed by atoms with Crippen LogP contribution in [-0.4, -0.2) is 45.9 Å². The zero-order chi connectivity index (χ0) is 19.0. The van der Waals surface area contributed by atoms with Gasteiger partial charge in [0.05, 0.1) is 25.5 Å². The smallest absolute Gasteiger partial charge is 0.315 e. The Morgan fingerprint density at radius 2 is 2.33 bits per heavy atom. The number of nitrogens with zero attached hydrogens (tertiary/aromatic N) is 2. The molecule has 0 bridgehead atoms. The first kappa shape index (κ1) is 18.7. The lowest BCUT2D eigenvalue weighted by atomic mass is 9.55. The molecule has 3 N–H and O–H groups in total. The summed E-state index contributed by atoms with van der Waals surface area (Å²) in [5.74, 6) is 0.0326. The summed E-state index contributed by atoms with van der Waals surface area (Å²) in [6.45, 7) is 7.02. The number of esters is 1. The van der Waals surface area contributed by atoms with Crippen LogP contribution in [0.2, 0.25) is 0 Å². The molecule has 4 rings (SSSR count). The third kappa shape index (κ3) is 3.23. The standard InChI is InChI=1S/C21H31N3O3/c1-14-5-3-6-15-11-17-18(19(25)21(14,15)2)16(20(26)27-17)12-22-7-4-9-24-10-8-23-13-24/h6,8,10,13-14,16-19,22,25H,3-5,7,9,11-12H2,1-2H3/p+1/t14-,16-,17+,18+,19-,21+/m0/s1. The molecule has 2 aliphatic carbocycles. The Bertz CT molecular complexity index is 702. The van der Waals surface area contributed by atoms with Gasteiger partial charge >= 0.3 is 5.97 Å². The number of aryl methyl sites for hydroxylation is 1. The summed E-state index contributed by atoms with van der Waals surface area (Å²) in [5, 5.41) is 13.5. The maximum absolute atomic E-state index is 12.5. The number of aliphatic hydroxyl groups is 1. The van der Waals surface area contributed by atoms with Crippen molar-refractivity contribution in [2.45, 2.75) is 58.3 Å². The summed E-state index contributed by atoms with van der Waals surface area (Å²) in [6.07, 6.45) is 11.2. The number of ether oxygens (including phenoxy) is 1. The molecule has 1 aromatic rings. The SMILES string of the molecule is C[C@H]1CCC=C2C[C@H]3OC(=O)[C@@H](C[NH2+]CCCn4ccnc4)[C@H]3[C@H](O)[C@@]21C. The van der Waals surface area contributed by atoms with Gasteiger partial charge in [-0.3, -0.25) is 4.79 Å². The minimum atomic E-state index is -0.506. The number of hydrogen-bond acceptors (Lipinski definition) is 4. The van der Waals surface area contributed by atoms with Crippen LogP contribution in [0, 0.1) is 23.2 Å². The maximum atomic E-state index is 12.5.